The SMILES string of the molecule is Cc1c(C(O)O)ccc2c1C(O)CCC2. The largest absolute Gasteiger partial charge is 0.388 e. The molecule has 1 aliphatic carbocycles. The normalized spacial score (nSPS) is 20.5. The summed E-state index contributed by atoms with van der Waals surface area (Å²) in [5.41, 5.74) is 3.34. The predicted octanol–water partition coefficient (Wildman–Crippen LogP) is 1.35. The van der Waals surface area contributed by atoms with Crippen LogP contribution in [-0.2, 0) is 6.42 Å². The van der Waals surface area contributed by atoms with Crippen LogP contribution in [0.25, 0.3) is 0 Å². The summed E-state index contributed by atoms with van der Waals surface area (Å²) in [6, 6.07) is 3.62. The number of rotatable bonds is 1. The van der Waals surface area contributed by atoms with Gasteiger partial charge in [-0.25, -0.2) is 0 Å². The van der Waals surface area contributed by atoms with Crippen LogP contribution in [0.3, 0.4) is 0 Å². The average molecular weight is 208 g/mol. The van der Waals surface area contributed by atoms with Gasteiger partial charge in [0.1, 0.15) is 0 Å². The Hall–Kier alpha value is -0.900. The van der Waals surface area contributed by atoms with Crippen LogP contribution in [0.5, 0.6) is 0 Å². The summed E-state index contributed by atoms with van der Waals surface area (Å²) in [4.78, 5) is 0. The fraction of sp³-hybridized carbons (Fsp3) is 0.500. The van der Waals surface area contributed by atoms with Gasteiger partial charge in [-0.3, -0.25) is 0 Å². The summed E-state index contributed by atoms with van der Waals surface area (Å²) in [5.74, 6) is 0. The molecule has 0 radical (unpaired) electrons. The highest BCUT2D eigenvalue weighted by Gasteiger charge is 2.22. The van der Waals surface area contributed by atoms with Gasteiger partial charge in [-0.2, -0.15) is 0 Å². The molecule has 3 N–H and O–H groups in total. The molecule has 3 nitrogen and oxygen atoms in total. The van der Waals surface area contributed by atoms with E-state index in [-0.39, 0.29) is 0 Å². The van der Waals surface area contributed by atoms with Crippen LogP contribution in [-0.4, -0.2) is 15.3 Å². The monoisotopic (exact) mass is 208 g/mol. The van der Waals surface area contributed by atoms with Crippen LogP contribution in [0.2, 0.25) is 0 Å². The first-order chi connectivity index (χ1) is 7.11. The standard InChI is InChI=1S/C12H16O3/c1-7-9(12(14)15)6-5-8-3-2-4-10(13)11(7)8/h5-6,10,12-15H,2-4H2,1H3. The van der Waals surface area contributed by atoms with Crippen molar-refractivity contribution >= 4 is 0 Å². The van der Waals surface area contributed by atoms with Gasteiger partial charge in [-0.05, 0) is 42.9 Å². The van der Waals surface area contributed by atoms with Crippen molar-refractivity contribution in [1.29, 1.82) is 0 Å². The molecule has 0 saturated heterocycles. The lowest BCUT2D eigenvalue weighted by Gasteiger charge is -2.25. The number of hydrogen-bond donors (Lipinski definition) is 3. The van der Waals surface area contributed by atoms with Crippen molar-refractivity contribution in [3.63, 3.8) is 0 Å². The molecule has 1 atom stereocenters. The summed E-state index contributed by atoms with van der Waals surface area (Å²) < 4.78 is 0. The van der Waals surface area contributed by atoms with E-state index in [1.165, 1.54) is 0 Å². The van der Waals surface area contributed by atoms with Crippen LogP contribution in [0.15, 0.2) is 12.1 Å². The Bertz CT molecular complexity index is 371. The van der Waals surface area contributed by atoms with Crippen LogP contribution in [0, 0.1) is 6.92 Å². The molecule has 15 heavy (non-hydrogen) atoms. The molecule has 0 bridgehead atoms. The zero-order chi connectivity index (χ0) is 11.0. The Morgan fingerprint density at radius 3 is 2.73 bits per heavy atom. The topological polar surface area (TPSA) is 60.7 Å². The van der Waals surface area contributed by atoms with Crippen molar-refractivity contribution in [3.05, 3.63) is 34.4 Å². The minimum Gasteiger partial charge on any atom is -0.388 e. The number of aliphatic hydroxyl groups is 3. The lowest BCUT2D eigenvalue weighted by Crippen LogP contribution is -2.13. The van der Waals surface area contributed by atoms with Crippen molar-refractivity contribution < 1.29 is 15.3 Å². The molecule has 0 amide bonds. The predicted molar refractivity (Wildman–Crippen MR) is 56.3 cm³/mol. The van der Waals surface area contributed by atoms with E-state index in [2.05, 4.69) is 0 Å². The van der Waals surface area contributed by atoms with Crippen molar-refractivity contribution in [2.75, 3.05) is 0 Å². The fourth-order valence-corrected chi connectivity index (χ4v) is 2.39. The van der Waals surface area contributed by atoms with Crippen LogP contribution >= 0.6 is 0 Å². The quantitative estimate of drug-likeness (QED) is 0.610. The second kappa shape index (κ2) is 3.93. The van der Waals surface area contributed by atoms with E-state index in [1.54, 1.807) is 6.07 Å². The van der Waals surface area contributed by atoms with Gasteiger partial charge >= 0.3 is 0 Å². The Morgan fingerprint density at radius 2 is 2.07 bits per heavy atom. The second-order valence-electron chi connectivity index (χ2n) is 4.13. The number of aryl methyl sites for hydroxylation is 1. The first kappa shape index (κ1) is 10.6. The van der Waals surface area contributed by atoms with E-state index in [0.717, 1.165) is 36.0 Å². The minimum atomic E-state index is -1.45. The van der Waals surface area contributed by atoms with Gasteiger partial charge in [0, 0.05) is 5.56 Å². The third kappa shape index (κ3) is 1.78. The molecule has 1 aromatic carbocycles. The molecule has 1 aromatic rings. The van der Waals surface area contributed by atoms with Crippen molar-refractivity contribution in [3.8, 4) is 0 Å². The number of hydrogen-bond acceptors (Lipinski definition) is 3. The maximum atomic E-state index is 9.89. The van der Waals surface area contributed by atoms with Crippen molar-refractivity contribution in [2.24, 2.45) is 0 Å². The molecular weight excluding hydrogens is 192 g/mol. The third-order valence-corrected chi connectivity index (χ3v) is 3.18. The lowest BCUT2D eigenvalue weighted by molar-refractivity contribution is -0.0431. The second-order valence-corrected chi connectivity index (χ2v) is 4.13. The van der Waals surface area contributed by atoms with Gasteiger partial charge in [0.25, 0.3) is 0 Å². The van der Waals surface area contributed by atoms with E-state index in [9.17, 15) is 5.11 Å². The number of benzene rings is 1. The molecule has 3 heteroatoms. The Kier molecular flexibility index (Phi) is 2.78. The van der Waals surface area contributed by atoms with Gasteiger partial charge in [0.05, 0.1) is 6.10 Å². The Balaban J connectivity index is 2.54. The summed E-state index contributed by atoms with van der Waals surface area (Å²) in [6.07, 6.45) is 0.819. The first-order valence-electron chi connectivity index (χ1n) is 5.27. The lowest BCUT2D eigenvalue weighted by atomic mass is 9.84. The minimum absolute atomic E-state index is 0.451. The molecule has 2 rings (SSSR count). The molecule has 1 aliphatic rings. The maximum absolute atomic E-state index is 9.89. The van der Waals surface area contributed by atoms with E-state index >= 15 is 0 Å². The summed E-state index contributed by atoms with van der Waals surface area (Å²) in [5, 5.41) is 28.2. The van der Waals surface area contributed by atoms with Gasteiger partial charge in [0.15, 0.2) is 6.29 Å². The van der Waals surface area contributed by atoms with Crippen LogP contribution < -0.4 is 0 Å². The molecule has 0 aromatic heterocycles. The molecular formula is C12H16O3. The summed E-state index contributed by atoms with van der Waals surface area (Å²) >= 11 is 0. The number of fused-ring (bicyclic) bond motifs is 1. The smallest absolute Gasteiger partial charge is 0.178 e. The molecule has 0 heterocycles. The van der Waals surface area contributed by atoms with E-state index < -0.39 is 12.4 Å². The van der Waals surface area contributed by atoms with Gasteiger partial charge in [0.2, 0.25) is 0 Å². The Labute approximate surface area is 89.0 Å². The zero-order valence-electron chi connectivity index (χ0n) is 8.77. The van der Waals surface area contributed by atoms with Crippen LogP contribution in [0.4, 0.5) is 0 Å². The van der Waals surface area contributed by atoms with Gasteiger partial charge in [-0.15, -0.1) is 0 Å². The van der Waals surface area contributed by atoms with E-state index in [4.69, 9.17) is 10.2 Å². The highest BCUT2D eigenvalue weighted by atomic mass is 16.5. The van der Waals surface area contributed by atoms with Crippen molar-refractivity contribution in [2.45, 2.75) is 38.6 Å². The average Bonchev–Trinajstić information content (AvgIpc) is 2.17. The zero-order valence-corrected chi connectivity index (χ0v) is 8.77. The molecule has 0 spiro atoms. The van der Waals surface area contributed by atoms with E-state index in [1.807, 2.05) is 13.0 Å². The molecule has 0 fully saturated rings. The maximum Gasteiger partial charge on any atom is 0.178 e. The fourth-order valence-electron chi connectivity index (χ4n) is 2.39. The Morgan fingerprint density at radius 1 is 1.33 bits per heavy atom. The first-order valence-corrected chi connectivity index (χ1v) is 5.27. The highest BCUT2D eigenvalue weighted by molar-refractivity contribution is 5.43. The summed E-state index contributed by atoms with van der Waals surface area (Å²) in [7, 11) is 0. The number of aliphatic hydroxyl groups excluding tert-OH is 2. The molecule has 1 unspecified atom stereocenters. The van der Waals surface area contributed by atoms with Crippen LogP contribution in [0.1, 0.15) is 47.5 Å². The molecule has 0 aliphatic heterocycles. The highest BCUT2D eigenvalue weighted by Crippen LogP contribution is 2.34. The third-order valence-electron chi connectivity index (χ3n) is 3.18. The van der Waals surface area contributed by atoms with Crippen molar-refractivity contribution in [1.82, 2.24) is 0 Å². The summed E-state index contributed by atoms with van der Waals surface area (Å²) in [6.45, 7) is 1.84. The van der Waals surface area contributed by atoms with Gasteiger partial charge < -0.3 is 15.3 Å². The van der Waals surface area contributed by atoms with Gasteiger partial charge in [-0.1, -0.05) is 12.1 Å². The molecule has 0 saturated carbocycles. The van der Waals surface area contributed by atoms with E-state index in [0.29, 0.717) is 5.56 Å². The molecule has 82 valence electrons.